The summed E-state index contributed by atoms with van der Waals surface area (Å²) in [6.45, 7) is 0.781. The highest BCUT2D eigenvalue weighted by molar-refractivity contribution is 6.34. The summed E-state index contributed by atoms with van der Waals surface area (Å²) in [7, 11) is 4.61. The average molecular weight is 583 g/mol. The number of benzene rings is 2. The smallest absolute Gasteiger partial charge is 0.430 e. The van der Waals surface area contributed by atoms with Gasteiger partial charge in [-0.15, -0.1) is 0 Å². The Morgan fingerprint density at radius 1 is 1.12 bits per heavy atom. The van der Waals surface area contributed by atoms with Gasteiger partial charge in [0.15, 0.2) is 0 Å². The Kier molecular flexibility index (Phi) is 8.61. The summed E-state index contributed by atoms with van der Waals surface area (Å²) in [5, 5.41) is 11.1. The molecule has 1 saturated carbocycles. The van der Waals surface area contributed by atoms with E-state index >= 15 is 0 Å². The molecule has 4 rings (SSSR count). The second kappa shape index (κ2) is 11.5. The molecule has 2 aromatic rings. The van der Waals surface area contributed by atoms with Crippen molar-refractivity contribution in [1.82, 2.24) is 9.80 Å². The van der Waals surface area contributed by atoms with E-state index in [1.807, 2.05) is 0 Å². The zero-order valence-corrected chi connectivity index (χ0v) is 23.5. The van der Waals surface area contributed by atoms with E-state index in [1.54, 1.807) is 32.3 Å². The molecule has 1 aliphatic carbocycles. The molecule has 7 nitrogen and oxygen atoms in total. The fraction of sp³-hybridized carbons (Fsp3) is 0.517. The van der Waals surface area contributed by atoms with Gasteiger partial charge in [0.05, 0.1) is 24.3 Å². The molecule has 0 aromatic heterocycles. The van der Waals surface area contributed by atoms with Crippen molar-refractivity contribution in [2.45, 2.75) is 43.9 Å². The first-order chi connectivity index (χ1) is 18.8. The van der Waals surface area contributed by atoms with E-state index in [2.05, 4.69) is 0 Å². The first-order valence-corrected chi connectivity index (χ1v) is 13.6. The standard InChI is InChI=1S/C29H34ClF3N2O5/c1-34(2)25(36)23-10-9-22(17-24(23)30)40-15-5-7-20-18-27(20)11-13-35(14-12-27)26(37)28(38,29(31,32)33)19-6-4-8-21(16-19)39-3/h4,6,8-10,16-17,20,38H,5,7,11-15,18H2,1-3H3/t20-,28+/m0/s1. The van der Waals surface area contributed by atoms with Gasteiger partial charge in [0.25, 0.3) is 17.4 Å². The van der Waals surface area contributed by atoms with Crippen molar-refractivity contribution in [1.29, 1.82) is 0 Å². The van der Waals surface area contributed by atoms with Gasteiger partial charge >= 0.3 is 6.18 Å². The molecule has 2 atom stereocenters. The number of amides is 2. The van der Waals surface area contributed by atoms with Crippen LogP contribution >= 0.6 is 11.6 Å². The minimum atomic E-state index is -5.19. The Morgan fingerprint density at radius 2 is 1.82 bits per heavy atom. The van der Waals surface area contributed by atoms with E-state index in [4.69, 9.17) is 21.1 Å². The number of hydrogen-bond donors (Lipinski definition) is 1. The Morgan fingerprint density at radius 3 is 2.42 bits per heavy atom. The van der Waals surface area contributed by atoms with Crippen LogP contribution in [-0.4, -0.2) is 73.8 Å². The molecular formula is C29H34ClF3N2O5. The van der Waals surface area contributed by atoms with Gasteiger partial charge in [-0.25, -0.2) is 0 Å². The fourth-order valence-electron chi connectivity index (χ4n) is 5.61. The lowest BCUT2D eigenvalue weighted by atomic mass is 9.86. The van der Waals surface area contributed by atoms with Crippen molar-refractivity contribution in [2.24, 2.45) is 11.3 Å². The predicted molar refractivity (Wildman–Crippen MR) is 143 cm³/mol. The second-order valence-electron chi connectivity index (χ2n) is 10.8. The topological polar surface area (TPSA) is 79.3 Å². The van der Waals surface area contributed by atoms with Gasteiger partial charge in [0.2, 0.25) is 0 Å². The number of rotatable bonds is 9. The van der Waals surface area contributed by atoms with Crippen LogP contribution in [0.15, 0.2) is 42.5 Å². The van der Waals surface area contributed by atoms with Crippen molar-refractivity contribution < 1.29 is 37.3 Å². The van der Waals surface area contributed by atoms with Crippen LogP contribution in [0.1, 0.15) is 48.0 Å². The SMILES string of the molecule is COc1cccc([C@@](O)(C(=O)N2CCC3(CC2)C[C@@H]3CCCOc2ccc(C(=O)N(C)C)c(Cl)c2)C(F)(F)F)c1. The summed E-state index contributed by atoms with van der Waals surface area (Å²) in [5.74, 6) is -0.435. The molecule has 0 unspecified atom stereocenters. The van der Waals surface area contributed by atoms with Gasteiger partial charge in [0.1, 0.15) is 11.5 Å². The van der Waals surface area contributed by atoms with E-state index in [0.717, 1.165) is 36.3 Å². The summed E-state index contributed by atoms with van der Waals surface area (Å²) < 4.78 is 53.1. The third-order valence-corrected chi connectivity index (χ3v) is 8.47. The summed E-state index contributed by atoms with van der Waals surface area (Å²) >= 11 is 6.24. The van der Waals surface area contributed by atoms with E-state index in [1.165, 1.54) is 24.1 Å². The third kappa shape index (κ3) is 5.88. The normalized spacial score (nSPS) is 19.6. The van der Waals surface area contributed by atoms with Crippen LogP contribution in [0.2, 0.25) is 5.02 Å². The Balaban J connectivity index is 1.28. The third-order valence-electron chi connectivity index (χ3n) is 8.16. The molecule has 1 N–H and O–H groups in total. The lowest BCUT2D eigenvalue weighted by Gasteiger charge is -2.39. The molecule has 218 valence electrons. The maximum absolute atomic E-state index is 14.1. The van der Waals surface area contributed by atoms with Crippen molar-refractivity contribution in [3.05, 3.63) is 58.6 Å². The van der Waals surface area contributed by atoms with Gasteiger partial charge in [-0.3, -0.25) is 9.59 Å². The predicted octanol–water partition coefficient (Wildman–Crippen LogP) is 5.29. The number of methoxy groups -OCH3 is 1. The molecule has 2 aromatic carbocycles. The molecule has 11 heteroatoms. The van der Waals surface area contributed by atoms with Crippen LogP contribution in [0.3, 0.4) is 0 Å². The highest BCUT2D eigenvalue weighted by atomic mass is 35.5. The summed E-state index contributed by atoms with van der Waals surface area (Å²) in [4.78, 5) is 27.8. The van der Waals surface area contributed by atoms with Crippen LogP contribution < -0.4 is 9.47 Å². The lowest BCUT2D eigenvalue weighted by molar-refractivity contribution is -0.262. The summed E-state index contributed by atoms with van der Waals surface area (Å²) in [6.07, 6.45) is -1.37. The molecule has 0 bridgehead atoms. The summed E-state index contributed by atoms with van der Waals surface area (Å²) in [5.41, 5.74) is -3.79. The lowest BCUT2D eigenvalue weighted by Crippen LogP contribution is -2.57. The zero-order valence-electron chi connectivity index (χ0n) is 22.8. The van der Waals surface area contributed by atoms with Crippen molar-refractivity contribution in [2.75, 3.05) is 40.9 Å². The van der Waals surface area contributed by atoms with Crippen LogP contribution in [0.4, 0.5) is 13.2 Å². The number of ether oxygens (including phenoxy) is 2. The van der Waals surface area contributed by atoms with E-state index in [-0.39, 0.29) is 30.2 Å². The Labute approximate surface area is 236 Å². The number of carbonyl (C=O) groups excluding carboxylic acids is 2. The van der Waals surface area contributed by atoms with Crippen LogP contribution in [0.5, 0.6) is 11.5 Å². The van der Waals surface area contributed by atoms with E-state index in [0.29, 0.717) is 41.7 Å². The number of aliphatic hydroxyl groups is 1. The highest BCUT2D eigenvalue weighted by Gasteiger charge is 2.63. The first kappa shape index (κ1) is 30.0. The number of nitrogens with zero attached hydrogens (tertiary/aromatic N) is 2. The number of alkyl halides is 3. The minimum absolute atomic E-state index is 0.0145. The fourth-order valence-corrected chi connectivity index (χ4v) is 5.86. The summed E-state index contributed by atoms with van der Waals surface area (Å²) in [6, 6.07) is 9.87. The number of likely N-dealkylation sites (tertiary alicyclic amines) is 1. The van der Waals surface area contributed by atoms with Gasteiger partial charge < -0.3 is 24.4 Å². The molecule has 1 aliphatic heterocycles. The van der Waals surface area contributed by atoms with E-state index in [9.17, 15) is 27.9 Å². The molecule has 2 amide bonds. The first-order valence-electron chi connectivity index (χ1n) is 13.2. The Hall–Kier alpha value is -2.98. The zero-order chi connectivity index (χ0) is 29.3. The van der Waals surface area contributed by atoms with Crippen LogP contribution in [0.25, 0.3) is 0 Å². The largest absolute Gasteiger partial charge is 0.497 e. The maximum Gasteiger partial charge on any atom is 0.430 e. The molecular weight excluding hydrogens is 549 g/mol. The van der Waals surface area contributed by atoms with Crippen LogP contribution in [0, 0.1) is 11.3 Å². The second-order valence-corrected chi connectivity index (χ2v) is 11.2. The number of carbonyl (C=O) groups is 2. The molecule has 40 heavy (non-hydrogen) atoms. The molecule has 0 radical (unpaired) electrons. The van der Waals surface area contributed by atoms with Gasteiger partial charge in [-0.1, -0.05) is 23.7 Å². The molecule has 1 heterocycles. The van der Waals surface area contributed by atoms with Crippen LogP contribution in [-0.2, 0) is 10.4 Å². The number of hydrogen-bond acceptors (Lipinski definition) is 5. The maximum atomic E-state index is 14.1. The number of halogens is 4. The quantitative estimate of drug-likeness (QED) is 0.407. The van der Waals surface area contributed by atoms with Gasteiger partial charge in [0, 0.05) is 32.7 Å². The molecule has 1 spiro atoms. The minimum Gasteiger partial charge on any atom is -0.497 e. The Bertz CT molecular complexity index is 1250. The monoisotopic (exact) mass is 582 g/mol. The van der Waals surface area contributed by atoms with Crippen molar-refractivity contribution in [3.8, 4) is 11.5 Å². The van der Waals surface area contributed by atoms with Gasteiger partial charge in [-0.05, 0) is 73.8 Å². The number of piperidine rings is 1. The average Bonchev–Trinajstić information content (AvgIpc) is 3.60. The molecule has 2 aliphatic rings. The molecule has 1 saturated heterocycles. The van der Waals surface area contributed by atoms with Gasteiger partial charge in [-0.2, -0.15) is 13.2 Å². The van der Waals surface area contributed by atoms with Crippen molar-refractivity contribution in [3.63, 3.8) is 0 Å². The molecule has 2 fully saturated rings. The highest BCUT2D eigenvalue weighted by Crippen LogP contribution is 2.61. The van der Waals surface area contributed by atoms with E-state index < -0.39 is 23.2 Å². The van der Waals surface area contributed by atoms with Crippen molar-refractivity contribution >= 4 is 23.4 Å².